The highest BCUT2D eigenvalue weighted by molar-refractivity contribution is 7.89. The first-order valence-electron chi connectivity index (χ1n) is 10.6. The molecule has 1 atom stereocenters. The van der Waals surface area contributed by atoms with Crippen LogP contribution in [0.2, 0.25) is 0 Å². The van der Waals surface area contributed by atoms with E-state index in [1.165, 1.54) is 12.1 Å². The second kappa shape index (κ2) is 8.47. The van der Waals surface area contributed by atoms with Crippen LogP contribution in [-0.2, 0) is 10.0 Å². The maximum atomic E-state index is 12.8. The molecule has 0 aliphatic heterocycles. The minimum atomic E-state index is -4.71. The highest BCUT2D eigenvalue weighted by Crippen LogP contribution is 2.41. The lowest BCUT2D eigenvalue weighted by Gasteiger charge is -2.19. The van der Waals surface area contributed by atoms with Crippen molar-refractivity contribution in [1.29, 1.82) is 5.26 Å². The quantitative estimate of drug-likeness (QED) is 0.546. The van der Waals surface area contributed by atoms with Crippen molar-refractivity contribution in [3.8, 4) is 17.5 Å². The smallest absolute Gasteiger partial charge is 0.335 e. The number of rotatable bonds is 5. The molecular formula is C23H23F3N4O2S. The predicted octanol–water partition coefficient (Wildman–Crippen LogP) is 5.23. The molecule has 1 aliphatic carbocycles. The van der Waals surface area contributed by atoms with Crippen molar-refractivity contribution in [1.82, 2.24) is 14.3 Å². The number of fused-ring (bicyclic) bond motifs is 1. The van der Waals surface area contributed by atoms with Crippen LogP contribution in [0, 0.1) is 18.3 Å². The number of hydrogen-bond acceptors (Lipinski definition) is 4. The first kappa shape index (κ1) is 23.3. The molecule has 2 heterocycles. The summed E-state index contributed by atoms with van der Waals surface area (Å²) in [4.78, 5) is 3.90. The van der Waals surface area contributed by atoms with Gasteiger partial charge >= 0.3 is 6.18 Å². The van der Waals surface area contributed by atoms with Gasteiger partial charge in [0.15, 0.2) is 0 Å². The Bertz CT molecular complexity index is 1330. The van der Waals surface area contributed by atoms with E-state index < -0.39 is 22.2 Å². The summed E-state index contributed by atoms with van der Waals surface area (Å²) >= 11 is 0. The molecule has 0 radical (unpaired) electrons. The Morgan fingerprint density at radius 3 is 2.48 bits per heavy atom. The molecule has 0 saturated heterocycles. The molecule has 0 unspecified atom stereocenters. The van der Waals surface area contributed by atoms with Gasteiger partial charge in [-0.2, -0.15) is 23.2 Å². The zero-order valence-electron chi connectivity index (χ0n) is 18.1. The lowest BCUT2D eigenvalue weighted by molar-refractivity contribution is -0.147. The Labute approximate surface area is 190 Å². The van der Waals surface area contributed by atoms with E-state index in [1.54, 1.807) is 4.72 Å². The normalized spacial score (nSPS) is 16.2. The van der Waals surface area contributed by atoms with Crippen molar-refractivity contribution >= 4 is 20.9 Å². The zero-order valence-corrected chi connectivity index (χ0v) is 19.0. The van der Waals surface area contributed by atoms with Crippen LogP contribution in [0.5, 0.6) is 0 Å². The van der Waals surface area contributed by atoms with Gasteiger partial charge < -0.3 is 4.57 Å². The highest BCUT2D eigenvalue weighted by Gasteiger charge is 2.39. The van der Waals surface area contributed by atoms with Gasteiger partial charge in [0.2, 0.25) is 10.0 Å². The van der Waals surface area contributed by atoms with Gasteiger partial charge in [-0.25, -0.2) is 8.42 Å². The molecule has 0 spiro atoms. The molecular weight excluding hydrogens is 453 g/mol. The molecule has 0 amide bonds. The van der Waals surface area contributed by atoms with E-state index >= 15 is 0 Å². The number of nitrogens with zero attached hydrogens (tertiary/aromatic N) is 3. The highest BCUT2D eigenvalue weighted by atomic mass is 32.2. The molecule has 0 bridgehead atoms. The molecule has 174 valence electrons. The predicted molar refractivity (Wildman–Crippen MR) is 118 cm³/mol. The molecule has 3 aromatic rings. The molecule has 10 heteroatoms. The zero-order chi connectivity index (χ0) is 24.0. The molecule has 33 heavy (non-hydrogen) atoms. The average Bonchev–Trinajstić information content (AvgIpc) is 3.38. The van der Waals surface area contributed by atoms with Crippen LogP contribution in [0.3, 0.4) is 0 Å². The van der Waals surface area contributed by atoms with Gasteiger partial charge in [-0.05, 0) is 51.0 Å². The lowest BCUT2D eigenvalue weighted by atomic mass is 10.1. The van der Waals surface area contributed by atoms with Crippen molar-refractivity contribution in [2.24, 2.45) is 0 Å². The van der Waals surface area contributed by atoms with E-state index in [9.17, 15) is 26.9 Å². The number of hydrogen-bond donors (Lipinski definition) is 1. The second-order valence-electron chi connectivity index (χ2n) is 8.43. The number of nitrogens with one attached hydrogen (secondary N) is 1. The number of halogens is 3. The Balaban J connectivity index is 1.81. The van der Waals surface area contributed by atoms with Gasteiger partial charge in [0.05, 0.1) is 22.5 Å². The fraction of sp³-hybridized carbons (Fsp3) is 0.391. The summed E-state index contributed by atoms with van der Waals surface area (Å²) in [6, 6.07) is 8.80. The Morgan fingerprint density at radius 2 is 1.91 bits per heavy atom. The molecule has 1 aliphatic rings. The molecule has 1 saturated carbocycles. The van der Waals surface area contributed by atoms with E-state index in [1.807, 2.05) is 25.1 Å². The van der Waals surface area contributed by atoms with Gasteiger partial charge in [-0.3, -0.25) is 4.98 Å². The fourth-order valence-corrected chi connectivity index (χ4v) is 5.56. The van der Waals surface area contributed by atoms with Crippen molar-refractivity contribution in [2.45, 2.75) is 62.7 Å². The minimum Gasteiger partial charge on any atom is -0.335 e. The third kappa shape index (κ3) is 4.35. The maximum absolute atomic E-state index is 12.8. The Kier molecular flexibility index (Phi) is 5.97. The van der Waals surface area contributed by atoms with Crippen LogP contribution < -0.4 is 4.72 Å². The second-order valence-corrected chi connectivity index (χ2v) is 10.1. The van der Waals surface area contributed by atoms with Gasteiger partial charge in [0.1, 0.15) is 17.0 Å². The van der Waals surface area contributed by atoms with E-state index in [0.29, 0.717) is 17.0 Å². The first-order valence-corrected chi connectivity index (χ1v) is 12.1. The van der Waals surface area contributed by atoms with Gasteiger partial charge in [-0.15, -0.1) is 0 Å². The molecule has 6 nitrogen and oxygen atoms in total. The van der Waals surface area contributed by atoms with Crippen LogP contribution in [0.4, 0.5) is 13.2 Å². The monoisotopic (exact) mass is 476 g/mol. The Hall–Kier alpha value is -2.90. The van der Waals surface area contributed by atoms with E-state index in [2.05, 4.69) is 15.6 Å². The van der Waals surface area contributed by atoms with E-state index in [0.717, 1.165) is 55.3 Å². The third-order valence-electron chi connectivity index (χ3n) is 6.07. The molecule has 1 N–H and O–H groups in total. The van der Waals surface area contributed by atoms with Crippen molar-refractivity contribution in [3.05, 3.63) is 47.7 Å². The summed E-state index contributed by atoms with van der Waals surface area (Å²) in [5, 5.41) is 10.8. The van der Waals surface area contributed by atoms with Crippen LogP contribution in [-0.4, -0.2) is 30.2 Å². The van der Waals surface area contributed by atoms with Crippen LogP contribution in [0.15, 0.2) is 41.4 Å². The standard InChI is InChI=1S/C23H23F3N4O2S/c1-14-7-10-21-18(11-14)19(12-27)22(30(21)16-5-3-4-6-16)20-9-8-17(13-28-20)33(31,32)29-15(2)23(24,25)26/h7-11,13,15-16,29H,3-6H2,1-2H3/t15-/m1/s1. The van der Waals surface area contributed by atoms with Crippen molar-refractivity contribution in [3.63, 3.8) is 0 Å². The number of alkyl halides is 3. The first-order chi connectivity index (χ1) is 15.5. The summed E-state index contributed by atoms with van der Waals surface area (Å²) in [5.74, 6) is 0. The fourth-order valence-electron chi connectivity index (χ4n) is 4.38. The summed E-state index contributed by atoms with van der Waals surface area (Å²) in [6.07, 6.45) is 0.394. The largest absolute Gasteiger partial charge is 0.404 e. The van der Waals surface area contributed by atoms with Gasteiger partial charge in [0.25, 0.3) is 0 Å². The summed E-state index contributed by atoms with van der Waals surface area (Å²) in [6.45, 7) is 2.68. The van der Waals surface area contributed by atoms with Crippen LogP contribution >= 0.6 is 0 Å². The van der Waals surface area contributed by atoms with E-state index in [4.69, 9.17) is 0 Å². The topological polar surface area (TPSA) is 87.8 Å². The third-order valence-corrected chi connectivity index (χ3v) is 7.60. The SMILES string of the molecule is Cc1ccc2c(c1)c(C#N)c(-c1ccc(S(=O)(=O)N[C@H](C)C(F)(F)F)cn1)n2C1CCCC1. The summed E-state index contributed by atoms with van der Waals surface area (Å²) < 4.78 is 67.0. The number of sulfonamides is 1. The lowest BCUT2D eigenvalue weighted by Crippen LogP contribution is -2.42. The number of nitriles is 1. The maximum Gasteiger partial charge on any atom is 0.404 e. The summed E-state index contributed by atoms with van der Waals surface area (Å²) in [7, 11) is -4.42. The minimum absolute atomic E-state index is 0.187. The average molecular weight is 477 g/mol. The van der Waals surface area contributed by atoms with Gasteiger partial charge in [0, 0.05) is 17.6 Å². The molecule has 1 aromatic carbocycles. The van der Waals surface area contributed by atoms with E-state index in [-0.39, 0.29) is 10.9 Å². The molecule has 1 fully saturated rings. The van der Waals surface area contributed by atoms with Crippen molar-refractivity contribution < 1.29 is 21.6 Å². The van der Waals surface area contributed by atoms with Gasteiger partial charge in [-0.1, -0.05) is 24.5 Å². The van der Waals surface area contributed by atoms with Crippen LogP contribution in [0.1, 0.15) is 49.8 Å². The number of aryl methyl sites for hydroxylation is 1. The summed E-state index contributed by atoms with van der Waals surface area (Å²) in [5.41, 5.74) is 3.37. The van der Waals surface area contributed by atoms with Crippen molar-refractivity contribution in [2.75, 3.05) is 0 Å². The van der Waals surface area contributed by atoms with Crippen LogP contribution in [0.25, 0.3) is 22.3 Å². The molecule has 2 aromatic heterocycles. The molecule has 4 rings (SSSR count). The number of pyridine rings is 1. The Morgan fingerprint density at radius 1 is 1.21 bits per heavy atom. The number of benzene rings is 1. The number of aromatic nitrogens is 2.